The zero-order valence-electron chi connectivity index (χ0n) is 18.0. The topological polar surface area (TPSA) is 65.1 Å². The van der Waals surface area contributed by atoms with Crippen molar-refractivity contribution in [1.82, 2.24) is 4.90 Å². The quantitative estimate of drug-likeness (QED) is 0.537. The van der Waals surface area contributed by atoms with E-state index in [0.29, 0.717) is 11.5 Å². The van der Waals surface area contributed by atoms with Crippen LogP contribution in [0.4, 0.5) is 0 Å². The number of nitrogens with zero attached hydrogens (tertiary/aromatic N) is 1. The number of carbonyl (C=O) groups is 2. The fourth-order valence-corrected chi connectivity index (χ4v) is 5.14. The Kier molecular flexibility index (Phi) is 5.92. The predicted molar refractivity (Wildman–Crippen MR) is 111 cm³/mol. The lowest BCUT2D eigenvalue weighted by Crippen LogP contribution is -2.39. The third kappa shape index (κ3) is 4.92. The number of benzene rings is 1. The van der Waals surface area contributed by atoms with Gasteiger partial charge in [0.15, 0.2) is 18.1 Å². The molecule has 1 amide bonds. The van der Waals surface area contributed by atoms with Gasteiger partial charge in [-0.25, -0.2) is 4.79 Å². The molecule has 6 heteroatoms. The van der Waals surface area contributed by atoms with Crippen molar-refractivity contribution in [2.45, 2.75) is 46.1 Å². The molecule has 0 spiro atoms. The fourth-order valence-electron chi connectivity index (χ4n) is 5.14. The molecule has 2 atom stereocenters. The fraction of sp³-hybridized carbons (Fsp3) is 0.565. The van der Waals surface area contributed by atoms with Gasteiger partial charge in [-0.2, -0.15) is 0 Å². The van der Waals surface area contributed by atoms with Crippen molar-refractivity contribution in [3.63, 3.8) is 0 Å². The zero-order valence-corrected chi connectivity index (χ0v) is 18.0. The van der Waals surface area contributed by atoms with Crippen LogP contribution in [0.15, 0.2) is 24.3 Å². The molecule has 1 aromatic carbocycles. The van der Waals surface area contributed by atoms with E-state index in [-0.39, 0.29) is 29.4 Å². The summed E-state index contributed by atoms with van der Waals surface area (Å²) in [5.74, 6) is 0.548. The van der Waals surface area contributed by atoms with Crippen molar-refractivity contribution < 1.29 is 23.8 Å². The Morgan fingerprint density at radius 1 is 1.14 bits per heavy atom. The van der Waals surface area contributed by atoms with E-state index < -0.39 is 5.97 Å². The summed E-state index contributed by atoms with van der Waals surface area (Å²) in [5.41, 5.74) is 1.18. The van der Waals surface area contributed by atoms with Crippen LogP contribution in [0.25, 0.3) is 6.08 Å². The summed E-state index contributed by atoms with van der Waals surface area (Å²) in [4.78, 5) is 26.7. The first-order valence-corrected chi connectivity index (χ1v) is 10.0. The van der Waals surface area contributed by atoms with Crippen molar-refractivity contribution >= 4 is 18.0 Å². The molecular formula is C23H31NO5. The highest BCUT2D eigenvalue weighted by atomic mass is 16.5. The Balaban J connectivity index is 1.54. The van der Waals surface area contributed by atoms with Crippen LogP contribution in [-0.2, 0) is 14.3 Å². The van der Waals surface area contributed by atoms with Crippen molar-refractivity contribution in [3.05, 3.63) is 29.8 Å². The minimum Gasteiger partial charge on any atom is -0.493 e. The maximum atomic E-state index is 12.7. The van der Waals surface area contributed by atoms with Gasteiger partial charge in [0.1, 0.15) is 0 Å². The summed E-state index contributed by atoms with van der Waals surface area (Å²) in [6.45, 7) is 7.32. The molecule has 6 nitrogen and oxygen atoms in total. The van der Waals surface area contributed by atoms with E-state index in [9.17, 15) is 9.59 Å². The van der Waals surface area contributed by atoms with Gasteiger partial charge in [0.05, 0.1) is 14.2 Å². The van der Waals surface area contributed by atoms with Gasteiger partial charge in [-0.1, -0.05) is 26.8 Å². The summed E-state index contributed by atoms with van der Waals surface area (Å²) in [5, 5.41) is 0. The first-order valence-electron chi connectivity index (χ1n) is 10.0. The van der Waals surface area contributed by atoms with Crippen LogP contribution in [0.1, 0.15) is 45.6 Å². The third-order valence-electron chi connectivity index (χ3n) is 5.89. The molecule has 0 aromatic heterocycles. The average Bonchev–Trinajstić information content (AvgIpc) is 2.92. The Morgan fingerprint density at radius 2 is 1.86 bits per heavy atom. The number of ether oxygens (including phenoxy) is 3. The lowest BCUT2D eigenvalue weighted by Gasteiger charge is -2.39. The summed E-state index contributed by atoms with van der Waals surface area (Å²) >= 11 is 0. The molecule has 1 saturated heterocycles. The van der Waals surface area contributed by atoms with Crippen LogP contribution in [0.5, 0.6) is 11.5 Å². The van der Waals surface area contributed by atoms with Gasteiger partial charge in [-0.3, -0.25) is 4.79 Å². The van der Waals surface area contributed by atoms with E-state index in [2.05, 4.69) is 20.8 Å². The summed E-state index contributed by atoms with van der Waals surface area (Å²) in [6, 6.07) is 5.59. The zero-order chi connectivity index (χ0) is 21.2. The average molecular weight is 402 g/mol. The van der Waals surface area contributed by atoms with Gasteiger partial charge in [0, 0.05) is 18.7 Å². The smallest absolute Gasteiger partial charge is 0.331 e. The minimum absolute atomic E-state index is 0.107. The first kappa shape index (κ1) is 21.2. The number of esters is 1. The predicted octanol–water partition coefficient (Wildman–Crippen LogP) is 3.69. The Labute approximate surface area is 172 Å². The van der Waals surface area contributed by atoms with Crippen LogP contribution in [0, 0.1) is 10.8 Å². The SMILES string of the molecule is COc1ccc(/C=C/C(=O)OCC(=O)N2C[C@@]3(C)C[C@@H]2CC(C)(C)C3)cc1OC. The Hall–Kier alpha value is -2.50. The molecule has 0 radical (unpaired) electrons. The highest BCUT2D eigenvalue weighted by molar-refractivity contribution is 5.89. The lowest BCUT2D eigenvalue weighted by molar-refractivity contribution is -0.148. The van der Waals surface area contributed by atoms with Gasteiger partial charge in [0.2, 0.25) is 0 Å². The number of hydrogen-bond donors (Lipinski definition) is 0. The molecule has 1 heterocycles. The molecule has 1 aromatic rings. The van der Waals surface area contributed by atoms with E-state index in [1.165, 1.54) is 6.08 Å². The molecule has 3 rings (SSSR count). The first-order chi connectivity index (χ1) is 13.6. The summed E-state index contributed by atoms with van der Waals surface area (Å²) < 4.78 is 15.6. The van der Waals surface area contributed by atoms with Crippen LogP contribution in [-0.4, -0.2) is 50.2 Å². The van der Waals surface area contributed by atoms with Crippen LogP contribution < -0.4 is 9.47 Å². The minimum atomic E-state index is -0.540. The van der Waals surface area contributed by atoms with Crippen LogP contribution >= 0.6 is 0 Å². The van der Waals surface area contributed by atoms with Crippen molar-refractivity contribution in [1.29, 1.82) is 0 Å². The Bertz CT molecular complexity index is 815. The van der Waals surface area contributed by atoms with Gasteiger partial charge in [-0.05, 0) is 53.9 Å². The molecule has 158 valence electrons. The van der Waals surface area contributed by atoms with E-state index in [1.54, 1.807) is 32.4 Å². The molecule has 0 unspecified atom stereocenters. The number of rotatable bonds is 6. The number of fused-ring (bicyclic) bond motifs is 2. The standard InChI is InChI=1S/C23H31NO5/c1-22(2)11-17-12-23(3,14-22)15-24(17)20(25)13-29-21(26)9-7-16-6-8-18(27-4)19(10-16)28-5/h6-10,17H,11-15H2,1-5H3/b9-7+/t17-,23-/m0/s1. The molecule has 2 fully saturated rings. The normalized spacial score (nSPS) is 25.1. The van der Waals surface area contributed by atoms with Crippen molar-refractivity contribution in [2.24, 2.45) is 10.8 Å². The second kappa shape index (κ2) is 8.09. The van der Waals surface area contributed by atoms with E-state index in [0.717, 1.165) is 31.4 Å². The molecule has 1 saturated carbocycles. The number of hydrogen-bond acceptors (Lipinski definition) is 5. The number of likely N-dealkylation sites (tertiary alicyclic amines) is 1. The number of carbonyl (C=O) groups excluding carboxylic acids is 2. The lowest BCUT2D eigenvalue weighted by atomic mass is 9.65. The van der Waals surface area contributed by atoms with E-state index >= 15 is 0 Å². The molecular weight excluding hydrogens is 370 g/mol. The van der Waals surface area contributed by atoms with Crippen molar-refractivity contribution in [3.8, 4) is 11.5 Å². The third-order valence-corrected chi connectivity index (χ3v) is 5.89. The molecule has 2 aliphatic rings. The van der Waals surface area contributed by atoms with Crippen LogP contribution in [0.3, 0.4) is 0 Å². The maximum Gasteiger partial charge on any atom is 0.331 e. The second-order valence-electron chi connectivity index (χ2n) is 9.29. The maximum absolute atomic E-state index is 12.7. The molecule has 1 aliphatic heterocycles. The number of amides is 1. The highest BCUT2D eigenvalue weighted by Crippen LogP contribution is 2.52. The summed E-state index contributed by atoms with van der Waals surface area (Å²) in [6.07, 6.45) is 6.10. The number of methoxy groups -OCH3 is 2. The molecule has 2 bridgehead atoms. The highest BCUT2D eigenvalue weighted by Gasteiger charge is 2.50. The van der Waals surface area contributed by atoms with Gasteiger partial charge >= 0.3 is 5.97 Å². The summed E-state index contributed by atoms with van der Waals surface area (Å²) in [7, 11) is 3.12. The molecule has 0 N–H and O–H groups in total. The van der Waals surface area contributed by atoms with Gasteiger partial charge in [0.25, 0.3) is 5.91 Å². The van der Waals surface area contributed by atoms with Gasteiger partial charge in [-0.15, -0.1) is 0 Å². The monoisotopic (exact) mass is 401 g/mol. The molecule has 29 heavy (non-hydrogen) atoms. The van der Waals surface area contributed by atoms with Crippen LogP contribution in [0.2, 0.25) is 0 Å². The Morgan fingerprint density at radius 3 is 2.55 bits per heavy atom. The van der Waals surface area contributed by atoms with Crippen molar-refractivity contribution in [2.75, 3.05) is 27.4 Å². The second-order valence-corrected chi connectivity index (χ2v) is 9.29. The van der Waals surface area contributed by atoms with Gasteiger partial charge < -0.3 is 19.1 Å². The molecule has 1 aliphatic carbocycles. The van der Waals surface area contributed by atoms with E-state index in [4.69, 9.17) is 14.2 Å². The van der Waals surface area contributed by atoms with E-state index in [1.807, 2.05) is 11.0 Å². The largest absolute Gasteiger partial charge is 0.493 e.